The van der Waals surface area contributed by atoms with Crippen LogP contribution in [0.15, 0.2) is 42.6 Å². The zero-order chi connectivity index (χ0) is 11.9. The van der Waals surface area contributed by atoms with Crippen LogP contribution in [0.4, 0.5) is 0 Å². The maximum atomic E-state index is 12.5. The van der Waals surface area contributed by atoms with Crippen molar-refractivity contribution in [2.45, 2.75) is 18.3 Å². The molecule has 17 heavy (non-hydrogen) atoms. The molecule has 1 aromatic carbocycles. The molecule has 0 radical (unpaired) electrons. The highest BCUT2D eigenvalue weighted by Crippen LogP contribution is 2.50. The molecule has 1 fully saturated rings. The Morgan fingerprint density at radius 3 is 2.47 bits per heavy atom. The first-order chi connectivity index (χ1) is 8.22. The van der Waals surface area contributed by atoms with Crippen molar-refractivity contribution in [1.82, 2.24) is 9.78 Å². The van der Waals surface area contributed by atoms with E-state index in [2.05, 4.69) is 5.10 Å². The summed E-state index contributed by atoms with van der Waals surface area (Å²) in [5.74, 6) is 0.157. The standard InChI is InChI=1S/C14H14N2O/c1-16-10-7-12(15-16)13(17)14(8-9-14)11-5-3-2-4-6-11/h2-7,10H,8-9H2,1H3. The number of aryl methyl sites for hydroxylation is 1. The van der Waals surface area contributed by atoms with Gasteiger partial charge in [-0.2, -0.15) is 5.10 Å². The van der Waals surface area contributed by atoms with Gasteiger partial charge < -0.3 is 0 Å². The lowest BCUT2D eigenvalue weighted by Crippen LogP contribution is -2.21. The Kier molecular flexibility index (Phi) is 2.15. The molecule has 86 valence electrons. The van der Waals surface area contributed by atoms with Crippen LogP contribution in [0.3, 0.4) is 0 Å². The Bertz CT molecular complexity index is 553. The fourth-order valence-electron chi connectivity index (χ4n) is 2.31. The van der Waals surface area contributed by atoms with Gasteiger partial charge in [0, 0.05) is 13.2 Å². The van der Waals surface area contributed by atoms with Crippen molar-refractivity contribution in [3.05, 3.63) is 53.9 Å². The highest BCUT2D eigenvalue weighted by Gasteiger charge is 2.51. The lowest BCUT2D eigenvalue weighted by atomic mass is 9.90. The van der Waals surface area contributed by atoms with E-state index < -0.39 is 0 Å². The molecule has 1 aliphatic carbocycles. The maximum absolute atomic E-state index is 12.5. The second-order valence-corrected chi connectivity index (χ2v) is 4.65. The second kappa shape index (κ2) is 3.55. The number of hydrogen-bond acceptors (Lipinski definition) is 2. The van der Waals surface area contributed by atoms with Gasteiger partial charge in [-0.05, 0) is 24.5 Å². The summed E-state index contributed by atoms with van der Waals surface area (Å²) in [6.45, 7) is 0. The molecule has 0 N–H and O–H groups in total. The topological polar surface area (TPSA) is 34.9 Å². The predicted octanol–water partition coefficient (Wildman–Crippen LogP) is 2.33. The summed E-state index contributed by atoms with van der Waals surface area (Å²) in [7, 11) is 1.83. The van der Waals surface area contributed by atoms with Gasteiger partial charge in [-0.15, -0.1) is 0 Å². The van der Waals surface area contributed by atoms with Crippen LogP contribution >= 0.6 is 0 Å². The van der Waals surface area contributed by atoms with Gasteiger partial charge in [0.2, 0.25) is 0 Å². The maximum Gasteiger partial charge on any atom is 0.193 e. The van der Waals surface area contributed by atoms with Crippen LogP contribution in [0, 0.1) is 0 Å². The third-order valence-electron chi connectivity index (χ3n) is 3.46. The minimum absolute atomic E-state index is 0.157. The van der Waals surface area contributed by atoms with Crippen molar-refractivity contribution in [2.75, 3.05) is 0 Å². The van der Waals surface area contributed by atoms with Crippen molar-refractivity contribution in [3.8, 4) is 0 Å². The molecule has 2 aromatic rings. The average Bonchev–Trinajstić information content (AvgIpc) is 3.07. The minimum atomic E-state index is -0.296. The Balaban J connectivity index is 1.97. The lowest BCUT2D eigenvalue weighted by molar-refractivity contribution is 0.0940. The lowest BCUT2D eigenvalue weighted by Gasteiger charge is -2.12. The molecule has 0 aliphatic heterocycles. The highest BCUT2D eigenvalue weighted by atomic mass is 16.1. The molecule has 0 saturated heterocycles. The van der Waals surface area contributed by atoms with Crippen LogP contribution in [-0.2, 0) is 12.5 Å². The molecule has 0 unspecified atom stereocenters. The third kappa shape index (κ3) is 1.58. The molecule has 1 heterocycles. The van der Waals surface area contributed by atoms with E-state index in [1.54, 1.807) is 10.7 Å². The number of hydrogen-bond donors (Lipinski definition) is 0. The van der Waals surface area contributed by atoms with Gasteiger partial charge in [0.25, 0.3) is 0 Å². The van der Waals surface area contributed by atoms with E-state index in [1.807, 2.05) is 43.6 Å². The summed E-state index contributed by atoms with van der Waals surface area (Å²) in [5.41, 5.74) is 1.40. The Hall–Kier alpha value is -1.90. The number of carbonyl (C=O) groups is 1. The molecular formula is C14H14N2O. The monoisotopic (exact) mass is 226 g/mol. The van der Waals surface area contributed by atoms with Crippen LogP contribution in [0.2, 0.25) is 0 Å². The third-order valence-corrected chi connectivity index (χ3v) is 3.46. The van der Waals surface area contributed by atoms with E-state index >= 15 is 0 Å². The molecule has 0 bridgehead atoms. The van der Waals surface area contributed by atoms with E-state index in [9.17, 15) is 4.79 Å². The van der Waals surface area contributed by atoms with Gasteiger partial charge in [-0.3, -0.25) is 9.48 Å². The molecule has 3 heteroatoms. The molecule has 3 rings (SSSR count). The summed E-state index contributed by atoms with van der Waals surface area (Å²) in [4.78, 5) is 12.5. The van der Waals surface area contributed by atoms with Crippen molar-refractivity contribution >= 4 is 5.78 Å². The number of ketones is 1. The van der Waals surface area contributed by atoms with Gasteiger partial charge in [-0.1, -0.05) is 30.3 Å². The predicted molar refractivity (Wildman–Crippen MR) is 64.9 cm³/mol. The normalized spacial score (nSPS) is 16.8. The molecule has 1 aliphatic rings. The molecule has 1 aromatic heterocycles. The van der Waals surface area contributed by atoms with Crippen LogP contribution < -0.4 is 0 Å². The molecule has 0 spiro atoms. The van der Waals surface area contributed by atoms with Crippen LogP contribution in [0.5, 0.6) is 0 Å². The highest BCUT2D eigenvalue weighted by molar-refractivity contribution is 6.04. The number of Topliss-reactive ketones (excluding diaryl/α,β-unsaturated/α-hetero) is 1. The van der Waals surface area contributed by atoms with Crippen molar-refractivity contribution in [2.24, 2.45) is 7.05 Å². The van der Waals surface area contributed by atoms with Crippen molar-refractivity contribution < 1.29 is 4.79 Å². The van der Waals surface area contributed by atoms with Gasteiger partial charge in [0.05, 0.1) is 5.41 Å². The van der Waals surface area contributed by atoms with Gasteiger partial charge in [0.1, 0.15) is 5.69 Å². The van der Waals surface area contributed by atoms with Crippen LogP contribution in [0.1, 0.15) is 28.9 Å². The molecular weight excluding hydrogens is 212 g/mol. The molecule has 0 atom stereocenters. The van der Waals surface area contributed by atoms with Gasteiger partial charge in [0.15, 0.2) is 5.78 Å². The first kappa shape index (κ1) is 10.3. The van der Waals surface area contributed by atoms with E-state index in [1.165, 1.54) is 0 Å². The van der Waals surface area contributed by atoms with Crippen molar-refractivity contribution in [1.29, 1.82) is 0 Å². The largest absolute Gasteiger partial charge is 0.291 e. The van der Waals surface area contributed by atoms with Crippen molar-refractivity contribution in [3.63, 3.8) is 0 Å². The smallest absolute Gasteiger partial charge is 0.193 e. The summed E-state index contributed by atoms with van der Waals surface area (Å²) in [6.07, 6.45) is 3.69. The fraction of sp³-hybridized carbons (Fsp3) is 0.286. The van der Waals surface area contributed by atoms with E-state index in [0.717, 1.165) is 18.4 Å². The number of carbonyl (C=O) groups excluding carboxylic acids is 1. The molecule has 0 amide bonds. The zero-order valence-corrected chi connectivity index (χ0v) is 9.76. The first-order valence-corrected chi connectivity index (χ1v) is 5.82. The van der Waals surface area contributed by atoms with Crippen LogP contribution in [0.25, 0.3) is 0 Å². The number of benzene rings is 1. The SMILES string of the molecule is Cn1ccc(C(=O)C2(c3ccccc3)CC2)n1. The zero-order valence-electron chi connectivity index (χ0n) is 9.76. The van der Waals surface area contributed by atoms with Gasteiger partial charge >= 0.3 is 0 Å². The van der Waals surface area contributed by atoms with E-state index in [-0.39, 0.29) is 11.2 Å². The number of aromatic nitrogens is 2. The summed E-state index contributed by atoms with van der Waals surface area (Å²) >= 11 is 0. The summed E-state index contributed by atoms with van der Waals surface area (Å²) in [6, 6.07) is 11.8. The Morgan fingerprint density at radius 1 is 1.24 bits per heavy atom. The first-order valence-electron chi connectivity index (χ1n) is 5.82. The fourth-order valence-corrected chi connectivity index (χ4v) is 2.31. The second-order valence-electron chi connectivity index (χ2n) is 4.65. The van der Waals surface area contributed by atoms with Crippen LogP contribution in [-0.4, -0.2) is 15.6 Å². The van der Waals surface area contributed by atoms with E-state index in [4.69, 9.17) is 0 Å². The minimum Gasteiger partial charge on any atom is -0.291 e. The number of rotatable bonds is 3. The summed E-state index contributed by atoms with van der Waals surface area (Å²) in [5, 5.41) is 4.21. The van der Waals surface area contributed by atoms with Gasteiger partial charge in [-0.25, -0.2) is 0 Å². The molecule has 3 nitrogen and oxygen atoms in total. The van der Waals surface area contributed by atoms with E-state index in [0.29, 0.717) is 5.69 Å². The Morgan fingerprint density at radius 2 is 1.94 bits per heavy atom. The summed E-state index contributed by atoms with van der Waals surface area (Å²) < 4.78 is 1.67. The molecule has 1 saturated carbocycles. The average molecular weight is 226 g/mol. The number of nitrogens with zero attached hydrogens (tertiary/aromatic N) is 2. The quantitative estimate of drug-likeness (QED) is 0.753. The Labute approximate surface area is 100 Å².